The van der Waals surface area contributed by atoms with E-state index in [1.807, 2.05) is 6.92 Å². The van der Waals surface area contributed by atoms with Crippen LogP contribution >= 0.6 is 0 Å². The lowest BCUT2D eigenvalue weighted by Gasteiger charge is -2.33. The van der Waals surface area contributed by atoms with E-state index in [-0.39, 0.29) is 29.9 Å². The van der Waals surface area contributed by atoms with Gasteiger partial charge in [0.2, 0.25) is 21.8 Å². The van der Waals surface area contributed by atoms with Crippen molar-refractivity contribution in [2.45, 2.75) is 63.4 Å². The molecule has 0 unspecified atom stereocenters. The van der Waals surface area contributed by atoms with Gasteiger partial charge in [-0.3, -0.25) is 14.5 Å². The number of nitrogens with one attached hydrogen (secondary N) is 2. The van der Waals surface area contributed by atoms with E-state index in [1.165, 1.54) is 9.21 Å². The number of aryl methyl sites for hydroxylation is 1. The molecule has 2 aliphatic heterocycles. The highest BCUT2D eigenvalue weighted by Crippen LogP contribution is 2.31. The predicted molar refractivity (Wildman–Crippen MR) is 152 cm³/mol. The van der Waals surface area contributed by atoms with Gasteiger partial charge in [0.05, 0.1) is 11.5 Å². The van der Waals surface area contributed by atoms with Gasteiger partial charge in [-0.25, -0.2) is 13.2 Å². The molecule has 40 heavy (non-hydrogen) atoms. The molecule has 0 aliphatic carbocycles. The average Bonchev–Trinajstić information content (AvgIpc) is 3.46. The lowest BCUT2D eigenvalue weighted by Crippen LogP contribution is -2.53. The normalized spacial score (nSPS) is 19.1. The SMILES string of the molecule is CCOC(=O)[C@H](C)N(C(=O)[C@@H]1CCCN1S(=O)(=O)c1ccc(C)cc1)c1ccc(NC(=O)C2CCNCC2)cc1. The predicted octanol–water partition coefficient (Wildman–Crippen LogP) is 3.07. The van der Waals surface area contributed by atoms with Crippen molar-refractivity contribution in [1.82, 2.24) is 9.62 Å². The minimum atomic E-state index is -3.93. The third-order valence-corrected chi connectivity index (χ3v) is 9.41. The number of sulfonamides is 1. The highest BCUT2D eigenvalue weighted by Gasteiger charge is 2.43. The largest absolute Gasteiger partial charge is 0.464 e. The highest BCUT2D eigenvalue weighted by molar-refractivity contribution is 7.89. The monoisotopic (exact) mass is 570 g/mol. The van der Waals surface area contributed by atoms with Crippen LogP contribution in [-0.4, -0.2) is 68.8 Å². The van der Waals surface area contributed by atoms with Gasteiger partial charge in [0.25, 0.3) is 0 Å². The van der Waals surface area contributed by atoms with Gasteiger partial charge in [-0.2, -0.15) is 4.31 Å². The fourth-order valence-corrected chi connectivity index (χ4v) is 6.88. The summed E-state index contributed by atoms with van der Waals surface area (Å²) in [5, 5.41) is 6.18. The molecule has 2 amide bonds. The summed E-state index contributed by atoms with van der Waals surface area (Å²) in [6, 6.07) is 11.2. The third-order valence-electron chi connectivity index (χ3n) is 7.49. The molecule has 4 rings (SSSR count). The summed E-state index contributed by atoms with van der Waals surface area (Å²) in [5.74, 6) is -1.21. The van der Waals surface area contributed by atoms with E-state index < -0.39 is 34.0 Å². The van der Waals surface area contributed by atoms with Crippen molar-refractivity contribution in [2.24, 2.45) is 5.92 Å². The second-order valence-electron chi connectivity index (χ2n) is 10.3. The van der Waals surface area contributed by atoms with Crippen molar-refractivity contribution in [1.29, 1.82) is 0 Å². The molecule has 11 heteroatoms. The van der Waals surface area contributed by atoms with Gasteiger partial charge in [0, 0.05) is 23.8 Å². The summed E-state index contributed by atoms with van der Waals surface area (Å²) >= 11 is 0. The van der Waals surface area contributed by atoms with Gasteiger partial charge >= 0.3 is 5.97 Å². The number of nitrogens with zero attached hydrogens (tertiary/aromatic N) is 2. The summed E-state index contributed by atoms with van der Waals surface area (Å²) in [5.41, 5.74) is 1.91. The van der Waals surface area contributed by atoms with Crippen molar-refractivity contribution in [3.8, 4) is 0 Å². The van der Waals surface area contributed by atoms with Gasteiger partial charge < -0.3 is 15.4 Å². The fraction of sp³-hybridized carbons (Fsp3) is 0.483. The summed E-state index contributed by atoms with van der Waals surface area (Å²) in [4.78, 5) is 40.9. The number of rotatable bonds is 9. The van der Waals surface area contributed by atoms with Crippen LogP contribution < -0.4 is 15.5 Å². The molecule has 2 atom stereocenters. The van der Waals surface area contributed by atoms with E-state index in [4.69, 9.17) is 4.74 Å². The molecular weight excluding hydrogens is 532 g/mol. The van der Waals surface area contributed by atoms with Crippen LogP contribution in [0.1, 0.15) is 45.1 Å². The summed E-state index contributed by atoms with van der Waals surface area (Å²) in [7, 11) is -3.93. The number of amides is 2. The summed E-state index contributed by atoms with van der Waals surface area (Å²) < 4.78 is 33.5. The molecule has 0 radical (unpaired) electrons. The molecule has 2 aromatic rings. The quantitative estimate of drug-likeness (QED) is 0.444. The number of carbonyl (C=O) groups is 3. The zero-order valence-electron chi connectivity index (χ0n) is 23.3. The van der Waals surface area contributed by atoms with Crippen LogP contribution in [0.25, 0.3) is 0 Å². The maximum atomic E-state index is 14.0. The smallest absolute Gasteiger partial charge is 0.328 e. The Balaban J connectivity index is 1.59. The Kier molecular flexibility index (Phi) is 9.60. The molecule has 2 fully saturated rings. The third kappa shape index (κ3) is 6.54. The first-order valence-electron chi connectivity index (χ1n) is 13.8. The number of ether oxygens (including phenoxy) is 1. The van der Waals surface area contributed by atoms with Gasteiger partial charge in [-0.05, 0) is 95.9 Å². The van der Waals surface area contributed by atoms with E-state index >= 15 is 0 Å². The van der Waals surface area contributed by atoms with Crippen molar-refractivity contribution in [3.63, 3.8) is 0 Å². The molecule has 216 valence electrons. The van der Waals surface area contributed by atoms with Crippen molar-refractivity contribution in [2.75, 3.05) is 36.5 Å². The maximum absolute atomic E-state index is 14.0. The molecule has 0 aromatic heterocycles. The Morgan fingerprint density at radius 1 is 1.05 bits per heavy atom. The number of hydrogen-bond acceptors (Lipinski definition) is 7. The number of anilines is 2. The van der Waals surface area contributed by atoms with E-state index in [0.717, 1.165) is 31.5 Å². The number of piperidine rings is 1. The van der Waals surface area contributed by atoms with Crippen molar-refractivity contribution >= 4 is 39.2 Å². The van der Waals surface area contributed by atoms with Crippen LogP contribution in [0.15, 0.2) is 53.4 Å². The standard InChI is InChI=1S/C29H38N4O6S/c1-4-39-29(36)21(3)33(24-11-9-23(10-12-24)31-27(34)22-15-17-30-18-16-22)28(35)26-6-5-19-32(26)40(37,38)25-13-7-20(2)8-14-25/h7-14,21-22,26,30H,4-6,15-19H2,1-3H3,(H,31,34)/t21-,26-/m0/s1. The molecular formula is C29H38N4O6S. The molecule has 2 aliphatic rings. The number of benzene rings is 2. The van der Waals surface area contributed by atoms with Crippen LogP contribution in [0, 0.1) is 12.8 Å². The lowest BCUT2D eigenvalue weighted by molar-refractivity contribution is -0.145. The fourth-order valence-electron chi connectivity index (χ4n) is 5.22. The molecule has 2 saturated heterocycles. The van der Waals surface area contributed by atoms with Crippen LogP contribution in [0.5, 0.6) is 0 Å². The van der Waals surface area contributed by atoms with Gasteiger partial charge in [0.1, 0.15) is 12.1 Å². The van der Waals surface area contributed by atoms with E-state index in [9.17, 15) is 22.8 Å². The second-order valence-corrected chi connectivity index (χ2v) is 12.2. The first kappa shape index (κ1) is 29.7. The zero-order chi connectivity index (χ0) is 28.9. The van der Waals surface area contributed by atoms with Gasteiger partial charge in [-0.1, -0.05) is 17.7 Å². The minimum Gasteiger partial charge on any atom is -0.464 e. The molecule has 0 bridgehead atoms. The molecule has 10 nitrogen and oxygen atoms in total. The molecule has 2 N–H and O–H groups in total. The van der Waals surface area contributed by atoms with E-state index in [2.05, 4.69) is 10.6 Å². The van der Waals surface area contributed by atoms with E-state index in [0.29, 0.717) is 24.2 Å². The number of esters is 1. The van der Waals surface area contributed by atoms with Crippen LogP contribution in [0.4, 0.5) is 11.4 Å². The zero-order valence-corrected chi connectivity index (χ0v) is 24.1. The van der Waals surface area contributed by atoms with Crippen molar-refractivity contribution in [3.05, 3.63) is 54.1 Å². The Hall–Kier alpha value is -3.28. The highest BCUT2D eigenvalue weighted by atomic mass is 32.2. The summed E-state index contributed by atoms with van der Waals surface area (Å²) in [6.45, 7) is 7.08. The van der Waals surface area contributed by atoms with Gasteiger partial charge in [-0.15, -0.1) is 0 Å². The Bertz CT molecular complexity index is 1310. The van der Waals surface area contributed by atoms with Gasteiger partial charge in [0.15, 0.2) is 0 Å². The number of carbonyl (C=O) groups excluding carboxylic acids is 3. The topological polar surface area (TPSA) is 125 Å². The Morgan fingerprint density at radius 2 is 1.70 bits per heavy atom. The Morgan fingerprint density at radius 3 is 2.33 bits per heavy atom. The van der Waals surface area contributed by atoms with Crippen LogP contribution in [-0.2, 0) is 29.1 Å². The molecule has 0 spiro atoms. The molecule has 2 heterocycles. The molecule has 2 aromatic carbocycles. The number of hydrogen-bond donors (Lipinski definition) is 2. The average molecular weight is 571 g/mol. The Labute approximate surface area is 236 Å². The van der Waals surface area contributed by atoms with Crippen molar-refractivity contribution < 1.29 is 27.5 Å². The first-order chi connectivity index (χ1) is 19.1. The van der Waals surface area contributed by atoms with E-state index in [1.54, 1.807) is 62.4 Å². The van der Waals surface area contributed by atoms with Crippen LogP contribution in [0.2, 0.25) is 0 Å². The maximum Gasteiger partial charge on any atom is 0.328 e. The minimum absolute atomic E-state index is 0.0509. The second kappa shape index (κ2) is 12.9. The summed E-state index contributed by atoms with van der Waals surface area (Å²) in [6.07, 6.45) is 2.39. The lowest BCUT2D eigenvalue weighted by atomic mass is 9.97. The molecule has 0 saturated carbocycles. The first-order valence-corrected chi connectivity index (χ1v) is 15.3. The van der Waals surface area contributed by atoms with Crippen LogP contribution in [0.3, 0.4) is 0 Å².